The van der Waals surface area contributed by atoms with E-state index in [4.69, 9.17) is 9.47 Å². The van der Waals surface area contributed by atoms with E-state index in [1.807, 2.05) is 76.2 Å². The van der Waals surface area contributed by atoms with Crippen LogP contribution in [0.3, 0.4) is 0 Å². The lowest BCUT2D eigenvalue weighted by molar-refractivity contribution is -0.159. The number of rotatable bonds is 13. The number of esters is 1. The molecule has 0 aliphatic rings. The van der Waals surface area contributed by atoms with Crippen molar-refractivity contribution in [2.24, 2.45) is 0 Å². The SMILES string of the molecule is CCC(C)N(C(=O)C(Cc1ccc(O)cc1)NC(=O)OC(C)(C)C)C(C(=O)NC(Cc1ccccc1)C(=O)OC(C)(C)C)c1cc(C)cc(C)c1. The predicted octanol–water partition coefficient (Wildman–Crippen LogP) is 6.88. The molecule has 0 saturated carbocycles. The number of alkyl carbamates (subject to hydrolysis) is 1. The number of hydrogen-bond acceptors (Lipinski definition) is 7. The maximum Gasteiger partial charge on any atom is 0.408 e. The number of amides is 3. The Morgan fingerprint density at radius 2 is 1.27 bits per heavy atom. The van der Waals surface area contributed by atoms with Crippen LogP contribution >= 0.6 is 0 Å². The first kappa shape index (κ1) is 40.6. The molecular formula is C41H55N3O7. The number of phenolic OH excluding ortho intramolecular Hbond substituents is 1. The zero-order valence-corrected chi connectivity index (χ0v) is 31.7. The molecule has 0 radical (unpaired) electrons. The fourth-order valence-electron chi connectivity index (χ4n) is 5.77. The highest BCUT2D eigenvalue weighted by molar-refractivity contribution is 5.94. The van der Waals surface area contributed by atoms with Crippen LogP contribution in [0.15, 0.2) is 72.8 Å². The van der Waals surface area contributed by atoms with Gasteiger partial charge in [0.25, 0.3) is 0 Å². The van der Waals surface area contributed by atoms with Crippen molar-refractivity contribution in [2.75, 3.05) is 0 Å². The van der Waals surface area contributed by atoms with Gasteiger partial charge in [0.2, 0.25) is 11.8 Å². The monoisotopic (exact) mass is 701 g/mol. The number of benzene rings is 3. The Morgan fingerprint density at radius 3 is 1.80 bits per heavy atom. The number of hydrogen-bond donors (Lipinski definition) is 3. The lowest BCUT2D eigenvalue weighted by Gasteiger charge is -2.39. The van der Waals surface area contributed by atoms with Crippen molar-refractivity contribution in [2.45, 2.75) is 124 Å². The van der Waals surface area contributed by atoms with Gasteiger partial charge in [-0.2, -0.15) is 0 Å². The molecule has 0 aliphatic carbocycles. The van der Waals surface area contributed by atoms with Crippen LogP contribution in [-0.2, 0) is 36.7 Å². The fraction of sp³-hybridized carbons (Fsp3) is 0.463. The topological polar surface area (TPSA) is 134 Å². The number of nitrogens with one attached hydrogen (secondary N) is 2. The van der Waals surface area contributed by atoms with Crippen molar-refractivity contribution in [3.05, 3.63) is 101 Å². The third kappa shape index (κ3) is 12.8. The van der Waals surface area contributed by atoms with E-state index >= 15 is 0 Å². The summed E-state index contributed by atoms with van der Waals surface area (Å²) in [6.07, 6.45) is -0.0784. The van der Waals surface area contributed by atoms with Gasteiger partial charge < -0.3 is 30.1 Å². The van der Waals surface area contributed by atoms with Gasteiger partial charge in [-0.15, -0.1) is 0 Å². The normalized spacial score (nSPS) is 14.0. The van der Waals surface area contributed by atoms with Gasteiger partial charge in [0.05, 0.1) is 0 Å². The van der Waals surface area contributed by atoms with Crippen molar-refractivity contribution in [1.82, 2.24) is 15.5 Å². The maximum absolute atomic E-state index is 14.9. The number of carbonyl (C=O) groups is 4. The average molecular weight is 702 g/mol. The van der Waals surface area contributed by atoms with E-state index in [9.17, 15) is 24.3 Å². The molecule has 51 heavy (non-hydrogen) atoms. The van der Waals surface area contributed by atoms with E-state index < -0.39 is 59.2 Å². The minimum atomic E-state index is -1.19. The lowest BCUT2D eigenvalue weighted by atomic mass is 9.95. The Kier molecular flexibility index (Phi) is 13.8. The summed E-state index contributed by atoms with van der Waals surface area (Å²) >= 11 is 0. The summed E-state index contributed by atoms with van der Waals surface area (Å²) in [6.45, 7) is 18.1. The lowest BCUT2D eigenvalue weighted by Crippen LogP contribution is -2.57. The molecule has 4 atom stereocenters. The average Bonchev–Trinajstić information content (AvgIpc) is 3.01. The molecule has 0 spiro atoms. The van der Waals surface area contributed by atoms with Crippen LogP contribution in [0.25, 0.3) is 0 Å². The molecular weight excluding hydrogens is 646 g/mol. The van der Waals surface area contributed by atoms with Gasteiger partial charge >= 0.3 is 12.1 Å². The third-order valence-electron chi connectivity index (χ3n) is 8.06. The number of ether oxygens (including phenoxy) is 2. The van der Waals surface area contributed by atoms with E-state index in [0.717, 1.165) is 16.7 Å². The van der Waals surface area contributed by atoms with Crippen LogP contribution in [-0.4, -0.2) is 63.2 Å². The fourth-order valence-corrected chi connectivity index (χ4v) is 5.77. The molecule has 276 valence electrons. The highest BCUT2D eigenvalue weighted by Gasteiger charge is 2.40. The number of carbonyl (C=O) groups excluding carboxylic acids is 4. The Balaban J connectivity index is 2.16. The summed E-state index contributed by atoms with van der Waals surface area (Å²) in [7, 11) is 0. The van der Waals surface area contributed by atoms with Crippen molar-refractivity contribution < 1.29 is 33.8 Å². The smallest absolute Gasteiger partial charge is 0.408 e. The third-order valence-corrected chi connectivity index (χ3v) is 8.06. The van der Waals surface area contributed by atoms with Crippen molar-refractivity contribution in [3.8, 4) is 5.75 Å². The molecule has 3 aromatic carbocycles. The Hall–Kier alpha value is -4.86. The molecule has 0 saturated heterocycles. The molecule has 0 aromatic heterocycles. The quantitative estimate of drug-likeness (QED) is 0.165. The summed E-state index contributed by atoms with van der Waals surface area (Å²) < 4.78 is 11.3. The van der Waals surface area contributed by atoms with Gasteiger partial charge in [-0.25, -0.2) is 9.59 Å². The molecule has 0 aliphatic heterocycles. The van der Waals surface area contributed by atoms with Gasteiger partial charge in [-0.05, 0) is 97.6 Å². The maximum atomic E-state index is 14.9. The molecule has 0 heterocycles. The first-order chi connectivity index (χ1) is 23.8. The van der Waals surface area contributed by atoms with E-state index in [2.05, 4.69) is 10.6 Å². The number of aryl methyl sites for hydroxylation is 2. The van der Waals surface area contributed by atoms with Crippen LogP contribution in [0, 0.1) is 13.8 Å². The Morgan fingerprint density at radius 1 is 0.745 bits per heavy atom. The Bertz CT molecular complexity index is 1620. The summed E-state index contributed by atoms with van der Waals surface area (Å²) in [5.74, 6) is -1.62. The summed E-state index contributed by atoms with van der Waals surface area (Å²) in [5, 5.41) is 15.6. The molecule has 3 amide bonds. The standard InChI is InChI=1S/C41H55N3O7/c1-11-28(4)44(37(47)33(43-39(49)51-41(8,9)10)24-30-17-19-32(45)20-18-30)35(31-22-26(2)21-27(3)23-31)36(46)42-34(38(48)50-40(5,6)7)25-29-15-13-12-14-16-29/h12-23,28,33-35,45H,11,24-25H2,1-10H3,(H,42,46)(H,43,49). The van der Waals surface area contributed by atoms with Crippen LogP contribution in [0.1, 0.15) is 95.7 Å². The molecule has 4 unspecified atom stereocenters. The van der Waals surface area contributed by atoms with E-state index in [0.29, 0.717) is 17.5 Å². The van der Waals surface area contributed by atoms with Crippen LogP contribution in [0.5, 0.6) is 5.75 Å². The number of nitrogens with zero attached hydrogens (tertiary/aromatic N) is 1. The number of aromatic hydroxyl groups is 1. The predicted molar refractivity (Wildman–Crippen MR) is 198 cm³/mol. The molecule has 0 fully saturated rings. The molecule has 10 nitrogen and oxygen atoms in total. The molecule has 3 rings (SSSR count). The molecule has 0 bridgehead atoms. The zero-order valence-electron chi connectivity index (χ0n) is 31.7. The Labute approximate surface area is 302 Å². The van der Waals surface area contributed by atoms with Gasteiger partial charge in [0.15, 0.2) is 0 Å². The highest BCUT2D eigenvalue weighted by atomic mass is 16.6. The van der Waals surface area contributed by atoms with Crippen molar-refractivity contribution in [3.63, 3.8) is 0 Å². The summed E-state index contributed by atoms with van der Waals surface area (Å²) in [4.78, 5) is 58.0. The van der Waals surface area contributed by atoms with Gasteiger partial charge in [0, 0.05) is 18.9 Å². The molecule has 3 aromatic rings. The summed E-state index contributed by atoms with van der Waals surface area (Å²) in [5.41, 5.74) is 2.19. The van der Waals surface area contributed by atoms with Crippen molar-refractivity contribution >= 4 is 23.9 Å². The van der Waals surface area contributed by atoms with Crippen LogP contribution in [0.4, 0.5) is 4.79 Å². The van der Waals surface area contributed by atoms with Gasteiger partial charge in [0.1, 0.15) is 35.1 Å². The minimum Gasteiger partial charge on any atom is -0.508 e. The first-order valence-electron chi connectivity index (χ1n) is 17.5. The van der Waals surface area contributed by atoms with Crippen LogP contribution in [0.2, 0.25) is 0 Å². The molecule has 3 N–H and O–H groups in total. The van der Waals surface area contributed by atoms with Crippen molar-refractivity contribution in [1.29, 1.82) is 0 Å². The second-order valence-electron chi connectivity index (χ2n) is 15.2. The van der Waals surface area contributed by atoms with E-state index in [1.54, 1.807) is 53.7 Å². The first-order valence-corrected chi connectivity index (χ1v) is 17.5. The second kappa shape index (κ2) is 17.4. The largest absolute Gasteiger partial charge is 0.508 e. The zero-order chi connectivity index (χ0) is 38.1. The highest BCUT2D eigenvalue weighted by Crippen LogP contribution is 2.29. The number of phenols is 1. The molecule has 10 heteroatoms. The minimum absolute atomic E-state index is 0.0566. The van der Waals surface area contributed by atoms with E-state index in [-0.39, 0.29) is 18.6 Å². The van der Waals surface area contributed by atoms with E-state index in [1.165, 1.54) is 17.0 Å². The van der Waals surface area contributed by atoms with Crippen LogP contribution < -0.4 is 10.6 Å². The van der Waals surface area contributed by atoms with Gasteiger partial charge in [-0.3, -0.25) is 9.59 Å². The van der Waals surface area contributed by atoms with Gasteiger partial charge in [-0.1, -0.05) is 78.7 Å². The summed E-state index contributed by atoms with van der Waals surface area (Å²) in [6, 6.07) is 17.5. The second-order valence-corrected chi connectivity index (χ2v) is 15.2.